The van der Waals surface area contributed by atoms with Crippen LogP contribution in [0.3, 0.4) is 0 Å². The van der Waals surface area contributed by atoms with Crippen LogP contribution in [0.25, 0.3) is 0 Å². The summed E-state index contributed by atoms with van der Waals surface area (Å²) in [5.74, 6) is -0.267. The van der Waals surface area contributed by atoms with Gasteiger partial charge in [-0.3, -0.25) is 9.59 Å². The number of benzene rings is 1. The number of carbonyl (C=O) groups excluding carboxylic acids is 2. The van der Waals surface area contributed by atoms with Gasteiger partial charge >= 0.3 is 0 Å². The number of nitrogens with two attached hydrogens (primary N) is 1. The standard InChI is InChI=1S/C12H16N2O4/c1-8(17-2)12(16)14-9-3-5-10(6-4-9)18-7-11(13)15/h3-6,8H,7H2,1-2H3,(H2,13,15)(H,14,16). The fourth-order valence-electron chi connectivity index (χ4n) is 1.14. The third kappa shape index (κ3) is 4.42. The Hall–Kier alpha value is -2.08. The summed E-state index contributed by atoms with van der Waals surface area (Å²) in [6.07, 6.45) is -0.518. The van der Waals surface area contributed by atoms with Gasteiger partial charge in [-0.25, -0.2) is 0 Å². The summed E-state index contributed by atoms with van der Waals surface area (Å²) in [7, 11) is 1.46. The largest absolute Gasteiger partial charge is 0.484 e. The van der Waals surface area contributed by atoms with Gasteiger partial charge in [0.25, 0.3) is 11.8 Å². The molecule has 0 aliphatic rings. The second-order valence-corrected chi connectivity index (χ2v) is 3.65. The first-order valence-corrected chi connectivity index (χ1v) is 5.37. The average molecular weight is 252 g/mol. The maximum atomic E-state index is 11.5. The number of amides is 2. The fraction of sp³-hybridized carbons (Fsp3) is 0.333. The van der Waals surface area contributed by atoms with Crippen LogP contribution in [-0.4, -0.2) is 31.6 Å². The van der Waals surface area contributed by atoms with Gasteiger partial charge in [0, 0.05) is 12.8 Å². The van der Waals surface area contributed by atoms with Gasteiger partial charge in [0.15, 0.2) is 6.61 Å². The topological polar surface area (TPSA) is 90.7 Å². The van der Waals surface area contributed by atoms with Gasteiger partial charge in [-0.15, -0.1) is 0 Å². The molecular weight excluding hydrogens is 236 g/mol. The molecule has 0 spiro atoms. The van der Waals surface area contributed by atoms with E-state index >= 15 is 0 Å². The van der Waals surface area contributed by atoms with E-state index in [9.17, 15) is 9.59 Å². The highest BCUT2D eigenvalue weighted by Crippen LogP contribution is 2.15. The minimum atomic E-state index is -0.540. The number of nitrogens with one attached hydrogen (secondary N) is 1. The van der Waals surface area contributed by atoms with Crippen LogP contribution in [-0.2, 0) is 14.3 Å². The second-order valence-electron chi connectivity index (χ2n) is 3.65. The van der Waals surface area contributed by atoms with E-state index in [1.165, 1.54) is 7.11 Å². The lowest BCUT2D eigenvalue weighted by molar-refractivity contribution is -0.124. The third-order valence-electron chi connectivity index (χ3n) is 2.23. The molecule has 0 saturated carbocycles. The second kappa shape index (κ2) is 6.61. The smallest absolute Gasteiger partial charge is 0.255 e. The zero-order chi connectivity index (χ0) is 13.5. The van der Waals surface area contributed by atoms with Crippen LogP contribution in [0.2, 0.25) is 0 Å². The van der Waals surface area contributed by atoms with Crippen LogP contribution in [0.1, 0.15) is 6.92 Å². The molecule has 1 unspecified atom stereocenters. The predicted molar refractivity (Wildman–Crippen MR) is 66.2 cm³/mol. The van der Waals surface area contributed by atoms with E-state index in [-0.39, 0.29) is 12.5 Å². The van der Waals surface area contributed by atoms with E-state index in [1.807, 2.05) is 0 Å². The van der Waals surface area contributed by atoms with E-state index in [0.717, 1.165) is 0 Å². The molecule has 1 aromatic rings. The fourth-order valence-corrected chi connectivity index (χ4v) is 1.14. The Morgan fingerprint density at radius 1 is 1.33 bits per heavy atom. The molecular formula is C12H16N2O4. The molecule has 0 aliphatic carbocycles. The van der Waals surface area contributed by atoms with E-state index in [0.29, 0.717) is 11.4 Å². The normalized spacial score (nSPS) is 11.7. The first kappa shape index (κ1) is 14.0. The van der Waals surface area contributed by atoms with E-state index in [4.69, 9.17) is 15.2 Å². The number of ether oxygens (including phenoxy) is 2. The van der Waals surface area contributed by atoms with Crippen molar-refractivity contribution < 1.29 is 19.1 Å². The van der Waals surface area contributed by atoms with Crippen LogP contribution >= 0.6 is 0 Å². The molecule has 6 heteroatoms. The lowest BCUT2D eigenvalue weighted by Gasteiger charge is -2.11. The summed E-state index contributed by atoms with van der Waals surface area (Å²) in [6.45, 7) is 1.48. The van der Waals surface area contributed by atoms with Crippen LogP contribution in [0.5, 0.6) is 5.75 Å². The third-order valence-corrected chi connectivity index (χ3v) is 2.23. The van der Waals surface area contributed by atoms with Gasteiger partial charge in [-0.05, 0) is 31.2 Å². The molecule has 1 atom stereocenters. The van der Waals surface area contributed by atoms with Gasteiger partial charge in [-0.1, -0.05) is 0 Å². The summed E-state index contributed by atoms with van der Waals surface area (Å²) in [6, 6.07) is 6.60. The maximum absolute atomic E-state index is 11.5. The Labute approximate surface area is 105 Å². The Morgan fingerprint density at radius 3 is 2.44 bits per heavy atom. The van der Waals surface area contributed by atoms with Crippen molar-refractivity contribution in [1.82, 2.24) is 0 Å². The highest BCUT2D eigenvalue weighted by Gasteiger charge is 2.11. The summed E-state index contributed by atoms with van der Waals surface area (Å²) in [5, 5.41) is 2.67. The highest BCUT2D eigenvalue weighted by molar-refractivity contribution is 5.93. The molecule has 18 heavy (non-hydrogen) atoms. The molecule has 0 fully saturated rings. The van der Waals surface area contributed by atoms with E-state index in [2.05, 4.69) is 5.32 Å². The van der Waals surface area contributed by atoms with Crippen molar-refractivity contribution in [2.24, 2.45) is 5.73 Å². The molecule has 0 bridgehead atoms. The Morgan fingerprint density at radius 2 is 1.94 bits per heavy atom. The summed E-state index contributed by atoms with van der Waals surface area (Å²) in [4.78, 5) is 22.0. The van der Waals surface area contributed by atoms with Crippen molar-refractivity contribution in [1.29, 1.82) is 0 Å². The summed E-state index contributed by atoms with van der Waals surface area (Å²) >= 11 is 0. The quantitative estimate of drug-likeness (QED) is 0.772. The van der Waals surface area contributed by atoms with Crippen molar-refractivity contribution in [2.75, 3.05) is 19.0 Å². The highest BCUT2D eigenvalue weighted by atomic mass is 16.5. The van der Waals surface area contributed by atoms with Crippen molar-refractivity contribution in [3.63, 3.8) is 0 Å². The molecule has 0 radical (unpaired) electrons. The van der Waals surface area contributed by atoms with Crippen molar-refractivity contribution >= 4 is 17.5 Å². The predicted octanol–water partition coefficient (Wildman–Crippen LogP) is 0.524. The number of rotatable bonds is 6. The van der Waals surface area contributed by atoms with Gasteiger partial charge in [0.2, 0.25) is 0 Å². The molecule has 3 N–H and O–H groups in total. The number of anilines is 1. The molecule has 0 aromatic heterocycles. The molecule has 98 valence electrons. The molecule has 1 rings (SSSR count). The van der Waals surface area contributed by atoms with Gasteiger partial charge in [0.05, 0.1) is 0 Å². The van der Waals surface area contributed by atoms with Crippen LogP contribution < -0.4 is 15.8 Å². The Balaban J connectivity index is 2.55. The lowest BCUT2D eigenvalue weighted by atomic mass is 10.3. The van der Waals surface area contributed by atoms with Gasteiger partial charge in [-0.2, -0.15) is 0 Å². The van der Waals surface area contributed by atoms with Gasteiger partial charge in [0.1, 0.15) is 11.9 Å². The maximum Gasteiger partial charge on any atom is 0.255 e. The zero-order valence-electron chi connectivity index (χ0n) is 10.3. The van der Waals surface area contributed by atoms with Crippen molar-refractivity contribution in [3.8, 4) is 5.75 Å². The van der Waals surface area contributed by atoms with Crippen LogP contribution in [0.4, 0.5) is 5.69 Å². The number of hydrogen-bond acceptors (Lipinski definition) is 4. The number of carbonyl (C=O) groups is 2. The molecule has 6 nitrogen and oxygen atoms in total. The average Bonchev–Trinajstić information content (AvgIpc) is 2.36. The van der Waals surface area contributed by atoms with Crippen LogP contribution in [0, 0.1) is 0 Å². The number of methoxy groups -OCH3 is 1. The Bertz CT molecular complexity index is 417. The monoisotopic (exact) mass is 252 g/mol. The summed E-state index contributed by atoms with van der Waals surface area (Å²) < 4.78 is 9.97. The minimum absolute atomic E-state index is 0.174. The minimum Gasteiger partial charge on any atom is -0.484 e. The molecule has 0 heterocycles. The van der Waals surface area contributed by atoms with Crippen molar-refractivity contribution in [3.05, 3.63) is 24.3 Å². The molecule has 2 amide bonds. The Kier molecular flexibility index (Phi) is 5.13. The first-order chi connectivity index (χ1) is 8.52. The lowest BCUT2D eigenvalue weighted by Crippen LogP contribution is -2.26. The van der Waals surface area contributed by atoms with Gasteiger partial charge < -0.3 is 20.5 Å². The zero-order valence-corrected chi connectivity index (χ0v) is 10.3. The van der Waals surface area contributed by atoms with Crippen LogP contribution in [0.15, 0.2) is 24.3 Å². The number of hydrogen-bond donors (Lipinski definition) is 2. The summed E-state index contributed by atoms with van der Waals surface area (Å²) in [5.41, 5.74) is 5.57. The van der Waals surface area contributed by atoms with E-state index < -0.39 is 12.0 Å². The molecule has 0 saturated heterocycles. The SMILES string of the molecule is COC(C)C(=O)Nc1ccc(OCC(N)=O)cc1. The van der Waals surface area contributed by atoms with Crippen molar-refractivity contribution in [2.45, 2.75) is 13.0 Å². The number of primary amides is 1. The molecule has 1 aromatic carbocycles. The molecule has 0 aliphatic heterocycles. The van der Waals surface area contributed by atoms with E-state index in [1.54, 1.807) is 31.2 Å². The first-order valence-electron chi connectivity index (χ1n) is 5.37.